The molecule has 0 aliphatic carbocycles. The summed E-state index contributed by atoms with van der Waals surface area (Å²) in [7, 11) is -3.83. The summed E-state index contributed by atoms with van der Waals surface area (Å²) >= 11 is 11.9. The molecule has 134 valence electrons. The Kier molecular flexibility index (Phi) is 6.46. The lowest BCUT2D eigenvalue weighted by Gasteiger charge is -2.19. The zero-order chi connectivity index (χ0) is 18.6. The predicted octanol–water partition coefficient (Wildman–Crippen LogP) is 3.54. The molecule has 0 aliphatic rings. The fourth-order valence-electron chi connectivity index (χ4n) is 2.21. The molecule has 0 aromatic heterocycles. The van der Waals surface area contributed by atoms with Crippen LogP contribution in [0.5, 0.6) is 0 Å². The van der Waals surface area contributed by atoms with E-state index in [9.17, 15) is 13.2 Å². The number of sulfonamides is 1. The highest BCUT2D eigenvalue weighted by Gasteiger charge is 2.23. The van der Waals surface area contributed by atoms with Gasteiger partial charge in [0.1, 0.15) is 0 Å². The summed E-state index contributed by atoms with van der Waals surface area (Å²) < 4.78 is 27.0. The number of carbonyl (C=O) groups excluding carboxylic acids is 1. The summed E-state index contributed by atoms with van der Waals surface area (Å²) in [5, 5.41) is 3.71. The molecule has 2 rings (SSSR count). The first-order chi connectivity index (χ1) is 11.7. The van der Waals surface area contributed by atoms with E-state index in [4.69, 9.17) is 23.2 Å². The van der Waals surface area contributed by atoms with Crippen molar-refractivity contribution < 1.29 is 13.2 Å². The Hall–Kier alpha value is -1.60. The third-order valence-corrected chi connectivity index (χ3v) is 5.73. The molecule has 0 spiro atoms. The summed E-state index contributed by atoms with van der Waals surface area (Å²) in [6, 6.07) is 11.5. The van der Waals surface area contributed by atoms with Gasteiger partial charge in [0, 0.05) is 10.0 Å². The molecule has 2 N–H and O–H groups in total. The number of hydrogen-bond acceptors (Lipinski definition) is 3. The maximum Gasteiger partial charge on any atom is 0.241 e. The van der Waals surface area contributed by atoms with Crippen molar-refractivity contribution in [1.29, 1.82) is 0 Å². The Morgan fingerprint density at radius 3 is 2.20 bits per heavy atom. The number of rotatable bonds is 6. The van der Waals surface area contributed by atoms with Crippen molar-refractivity contribution in [1.82, 2.24) is 10.0 Å². The fourth-order valence-corrected chi connectivity index (χ4v) is 3.84. The molecule has 5 nitrogen and oxygen atoms in total. The van der Waals surface area contributed by atoms with Crippen LogP contribution in [-0.2, 0) is 14.8 Å². The second-order valence-corrected chi connectivity index (χ2v) is 8.11. The minimum Gasteiger partial charge on any atom is -0.348 e. The summed E-state index contributed by atoms with van der Waals surface area (Å²) in [5.74, 6) is -0.454. The van der Waals surface area contributed by atoms with Crippen molar-refractivity contribution in [3.63, 3.8) is 0 Å². The van der Waals surface area contributed by atoms with E-state index in [2.05, 4.69) is 10.0 Å². The van der Waals surface area contributed by atoms with E-state index < -0.39 is 22.0 Å². The minimum atomic E-state index is -3.83. The summed E-state index contributed by atoms with van der Waals surface area (Å²) in [6.07, 6.45) is 0. The van der Waals surface area contributed by atoms with Crippen LogP contribution in [0.4, 0.5) is 0 Å². The monoisotopic (exact) mass is 400 g/mol. The molecule has 0 bridgehead atoms. The Morgan fingerprint density at radius 1 is 1.00 bits per heavy atom. The number of carbonyl (C=O) groups is 1. The van der Waals surface area contributed by atoms with E-state index in [-0.39, 0.29) is 10.9 Å². The van der Waals surface area contributed by atoms with Crippen molar-refractivity contribution in [3.05, 3.63) is 64.1 Å². The van der Waals surface area contributed by atoms with Gasteiger partial charge in [-0.2, -0.15) is 4.72 Å². The molecule has 1 unspecified atom stereocenters. The lowest BCUT2D eigenvalue weighted by molar-refractivity contribution is -0.123. The first kappa shape index (κ1) is 19.7. The average Bonchev–Trinajstić information content (AvgIpc) is 2.55. The van der Waals surface area contributed by atoms with Crippen LogP contribution < -0.4 is 10.0 Å². The highest BCUT2D eigenvalue weighted by Crippen LogP contribution is 2.22. The number of halogens is 2. The molecule has 0 fully saturated rings. The third-order valence-electron chi connectivity index (χ3n) is 3.58. The van der Waals surface area contributed by atoms with Crippen molar-refractivity contribution in [2.24, 2.45) is 0 Å². The lowest BCUT2D eigenvalue weighted by Crippen LogP contribution is -2.45. The molecule has 0 saturated heterocycles. The van der Waals surface area contributed by atoms with Crippen LogP contribution in [0.3, 0.4) is 0 Å². The Labute approximate surface area is 157 Å². The molecule has 25 heavy (non-hydrogen) atoms. The molecule has 8 heteroatoms. The molecular weight excluding hydrogens is 383 g/mol. The lowest BCUT2D eigenvalue weighted by atomic mass is 10.1. The molecule has 0 radical (unpaired) electrons. The van der Waals surface area contributed by atoms with Crippen LogP contribution >= 0.6 is 23.2 Å². The van der Waals surface area contributed by atoms with E-state index in [1.807, 2.05) is 6.07 Å². The van der Waals surface area contributed by atoms with Gasteiger partial charge in [-0.25, -0.2) is 8.42 Å². The van der Waals surface area contributed by atoms with E-state index >= 15 is 0 Å². The van der Waals surface area contributed by atoms with Crippen LogP contribution in [0.15, 0.2) is 53.4 Å². The molecule has 0 heterocycles. The average molecular weight is 401 g/mol. The first-order valence-corrected chi connectivity index (χ1v) is 9.77. The largest absolute Gasteiger partial charge is 0.348 e. The standard InChI is InChI=1S/C17H18Cl2N2O3S/c1-11(15-5-3-4-6-16(15)19)20-17(22)12(2)21-25(23,24)14-9-7-13(18)8-10-14/h3-12,21H,1-2H3,(H,20,22)/t11?,12-/m0/s1. The Morgan fingerprint density at radius 2 is 1.60 bits per heavy atom. The second kappa shape index (κ2) is 8.19. The highest BCUT2D eigenvalue weighted by atomic mass is 35.5. The van der Waals surface area contributed by atoms with Gasteiger partial charge in [0.2, 0.25) is 15.9 Å². The quantitative estimate of drug-likeness (QED) is 0.778. The Bertz CT molecular complexity index is 854. The number of amides is 1. The van der Waals surface area contributed by atoms with Gasteiger partial charge >= 0.3 is 0 Å². The minimum absolute atomic E-state index is 0.0377. The molecule has 1 amide bonds. The van der Waals surface area contributed by atoms with Gasteiger partial charge in [0.05, 0.1) is 17.0 Å². The summed E-state index contributed by atoms with van der Waals surface area (Å²) in [6.45, 7) is 3.25. The summed E-state index contributed by atoms with van der Waals surface area (Å²) in [5.41, 5.74) is 0.755. The van der Waals surface area contributed by atoms with E-state index in [1.165, 1.54) is 31.2 Å². The number of hydrogen-bond donors (Lipinski definition) is 2. The SMILES string of the molecule is CC(NC(=O)[C@H](C)NS(=O)(=O)c1ccc(Cl)cc1)c1ccccc1Cl. The van der Waals surface area contributed by atoms with Crippen LogP contribution in [0.2, 0.25) is 10.0 Å². The van der Waals surface area contributed by atoms with Crippen LogP contribution in [0, 0.1) is 0 Å². The van der Waals surface area contributed by atoms with Gasteiger partial charge in [-0.3, -0.25) is 4.79 Å². The van der Waals surface area contributed by atoms with Crippen molar-refractivity contribution in [3.8, 4) is 0 Å². The van der Waals surface area contributed by atoms with Crippen LogP contribution in [0.25, 0.3) is 0 Å². The van der Waals surface area contributed by atoms with E-state index in [1.54, 1.807) is 25.1 Å². The molecule has 0 saturated carbocycles. The van der Waals surface area contributed by atoms with Gasteiger partial charge in [-0.15, -0.1) is 0 Å². The van der Waals surface area contributed by atoms with E-state index in [0.717, 1.165) is 5.56 Å². The topological polar surface area (TPSA) is 75.3 Å². The van der Waals surface area contributed by atoms with Gasteiger partial charge in [0.15, 0.2) is 0 Å². The molecule has 2 aromatic rings. The smallest absolute Gasteiger partial charge is 0.241 e. The second-order valence-electron chi connectivity index (χ2n) is 5.55. The zero-order valence-corrected chi connectivity index (χ0v) is 16.0. The van der Waals surface area contributed by atoms with Crippen molar-refractivity contribution in [2.45, 2.75) is 30.8 Å². The number of benzene rings is 2. The zero-order valence-electron chi connectivity index (χ0n) is 13.7. The maximum atomic E-state index is 12.3. The van der Waals surface area contributed by atoms with Crippen LogP contribution in [-0.4, -0.2) is 20.4 Å². The molecule has 0 aliphatic heterocycles. The van der Waals surface area contributed by atoms with Crippen LogP contribution in [0.1, 0.15) is 25.5 Å². The fraction of sp³-hybridized carbons (Fsp3) is 0.235. The molecule has 2 atom stereocenters. The van der Waals surface area contributed by atoms with Gasteiger partial charge in [-0.05, 0) is 49.7 Å². The Balaban J connectivity index is 2.05. The van der Waals surface area contributed by atoms with Crippen molar-refractivity contribution in [2.75, 3.05) is 0 Å². The third kappa shape index (κ3) is 5.19. The summed E-state index contributed by atoms with van der Waals surface area (Å²) in [4.78, 5) is 12.3. The van der Waals surface area contributed by atoms with Gasteiger partial charge in [-0.1, -0.05) is 41.4 Å². The number of nitrogens with one attached hydrogen (secondary N) is 2. The first-order valence-electron chi connectivity index (χ1n) is 7.53. The van der Waals surface area contributed by atoms with Crippen molar-refractivity contribution >= 4 is 39.1 Å². The van der Waals surface area contributed by atoms with Gasteiger partial charge in [0.25, 0.3) is 0 Å². The predicted molar refractivity (Wildman–Crippen MR) is 99.2 cm³/mol. The highest BCUT2D eigenvalue weighted by molar-refractivity contribution is 7.89. The normalized spacial score (nSPS) is 13.9. The molecular formula is C17H18Cl2N2O3S. The maximum absolute atomic E-state index is 12.3. The molecule has 2 aromatic carbocycles. The van der Waals surface area contributed by atoms with Gasteiger partial charge < -0.3 is 5.32 Å². The van der Waals surface area contributed by atoms with E-state index in [0.29, 0.717) is 10.0 Å².